The van der Waals surface area contributed by atoms with Crippen LogP contribution in [0, 0.1) is 6.92 Å². The lowest BCUT2D eigenvalue weighted by Gasteiger charge is -2.13. The molecule has 1 aromatic rings. The van der Waals surface area contributed by atoms with Gasteiger partial charge in [0.25, 0.3) is 0 Å². The Hall–Kier alpha value is -0.890. The van der Waals surface area contributed by atoms with E-state index in [1.54, 1.807) is 11.1 Å². The molecule has 1 aliphatic rings. The highest BCUT2D eigenvalue weighted by Gasteiger charge is 2.05. The lowest BCUT2D eigenvalue weighted by Crippen LogP contribution is -1.99. The summed E-state index contributed by atoms with van der Waals surface area (Å²) in [7, 11) is 0. The van der Waals surface area contributed by atoms with Crippen molar-refractivity contribution in [2.75, 3.05) is 0 Å². The van der Waals surface area contributed by atoms with E-state index < -0.39 is 0 Å². The van der Waals surface area contributed by atoms with Crippen LogP contribution >= 0.6 is 12.2 Å². The molecular formula is C14H21NS. The molecule has 88 valence electrons. The average Bonchev–Trinajstić information content (AvgIpc) is 2.22. The number of benzene rings is 1. The summed E-state index contributed by atoms with van der Waals surface area (Å²) in [5, 5.41) is 0. The molecule has 2 N–H and O–H groups in total. The Morgan fingerprint density at radius 2 is 1.62 bits per heavy atom. The van der Waals surface area contributed by atoms with E-state index in [0.29, 0.717) is 0 Å². The van der Waals surface area contributed by atoms with Crippen LogP contribution in [-0.2, 0) is 12.8 Å². The zero-order chi connectivity index (χ0) is 11.8. The monoisotopic (exact) mass is 235 g/mol. The van der Waals surface area contributed by atoms with Gasteiger partial charge in [-0.2, -0.15) is 0 Å². The van der Waals surface area contributed by atoms with Crippen molar-refractivity contribution in [1.82, 2.24) is 0 Å². The minimum absolute atomic E-state index is 1.08. The fourth-order valence-electron chi connectivity index (χ4n) is 2.22. The van der Waals surface area contributed by atoms with Crippen molar-refractivity contribution in [2.24, 2.45) is 5.73 Å². The fraction of sp³-hybridized carbons (Fsp3) is 0.500. The predicted octanol–water partition coefficient (Wildman–Crippen LogP) is 3.56. The maximum atomic E-state index is 4.54. The third-order valence-corrected chi connectivity index (χ3v) is 3.00. The van der Waals surface area contributed by atoms with E-state index in [4.69, 9.17) is 0 Å². The van der Waals surface area contributed by atoms with Crippen LogP contribution in [0.25, 0.3) is 0 Å². The van der Waals surface area contributed by atoms with Gasteiger partial charge in [0, 0.05) is 0 Å². The van der Waals surface area contributed by atoms with Crippen molar-refractivity contribution < 1.29 is 0 Å². The summed E-state index contributed by atoms with van der Waals surface area (Å²) in [6.07, 6.45) is 8.22. The second kappa shape index (κ2) is 7.39. The molecule has 0 heterocycles. The van der Waals surface area contributed by atoms with Gasteiger partial charge < -0.3 is 5.73 Å². The van der Waals surface area contributed by atoms with Gasteiger partial charge in [-0.25, -0.2) is 0 Å². The molecule has 2 heteroatoms. The molecule has 0 aliphatic heterocycles. The summed E-state index contributed by atoms with van der Waals surface area (Å²) >= 11 is 4.05. The molecule has 0 atom stereocenters. The lowest BCUT2D eigenvalue weighted by atomic mass is 9.92. The first-order chi connectivity index (χ1) is 7.77. The molecule has 0 fully saturated rings. The summed E-state index contributed by atoms with van der Waals surface area (Å²) < 4.78 is 0. The quantitative estimate of drug-likeness (QED) is 0.696. The highest BCUT2D eigenvalue weighted by molar-refractivity contribution is 7.78. The van der Waals surface area contributed by atoms with Crippen molar-refractivity contribution in [3.63, 3.8) is 0 Å². The second-order valence-corrected chi connectivity index (χ2v) is 4.59. The molecule has 0 saturated heterocycles. The Morgan fingerprint density at radius 3 is 2.25 bits per heavy atom. The first-order valence-corrected chi connectivity index (χ1v) is 6.49. The number of hydrogen-bond donors (Lipinski definition) is 1. The van der Waals surface area contributed by atoms with Gasteiger partial charge in [-0.1, -0.05) is 48.8 Å². The Morgan fingerprint density at radius 1 is 1.06 bits per heavy atom. The van der Waals surface area contributed by atoms with E-state index in [9.17, 15) is 0 Å². The standard InChI is InChI=1S/C13H18.CH3NS/c1-11-8-9-12-6-4-2-3-5-7-13(12)10-11;2-1-3/h8-10H,2-7H2,1H3;1H,(H2,2,3). The molecule has 0 unspecified atom stereocenters. The molecule has 2 rings (SSSR count). The van der Waals surface area contributed by atoms with Crippen molar-refractivity contribution in [2.45, 2.75) is 45.4 Å². The molecule has 0 spiro atoms. The molecule has 1 aliphatic carbocycles. The summed E-state index contributed by atoms with van der Waals surface area (Å²) in [6.45, 7) is 2.19. The number of aryl methyl sites for hydroxylation is 3. The maximum Gasteiger partial charge on any atom is 0.0588 e. The highest BCUT2D eigenvalue weighted by atomic mass is 32.1. The SMILES string of the molecule is Cc1ccc2c(c1)CCCCCC2.NC=S. The van der Waals surface area contributed by atoms with Crippen LogP contribution in [0.3, 0.4) is 0 Å². The zero-order valence-electron chi connectivity index (χ0n) is 10.0. The first-order valence-electron chi connectivity index (χ1n) is 6.01. The third-order valence-electron chi connectivity index (χ3n) is 3.00. The van der Waals surface area contributed by atoms with E-state index in [1.807, 2.05) is 0 Å². The van der Waals surface area contributed by atoms with Gasteiger partial charge in [0.1, 0.15) is 0 Å². The number of nitrogens with two attached hydrogens (primary N) is 1. The van der Waals surface area contributed by atoms with Gasteiger partial charge in [0.15, 0.2) is 0 Å². The largest absolute Gasteiger partial charge is 0.396 e. The molecule has 0 bridgehead atoms. The zero-order valence-corrected chi connectivity index (χ0v) is 10.9. The Kier molecular flexibility index (Phi) is 6.09. The smallest absolute Gasteiger partial charge is 0.0588 e. The maximum absolute atomic E-state index is 4.54. The van der Waals surface area contributed by atoms with Gasteiger partial charge in [-0.15, -0.1) is 0 Å². The van der Waals surface area contributed by atoms with Crippen LogP contribution in [0.4, 0.5) is 0 Å². The number of rotatable bonds is 0. The molecular weight excluding hydrogens is 214 g/mol. The van der Waals surface area contributed by atoms with Crippen LogP contribution in [0.15, 0.2) is 18.2 Å². The van der Waals surface area contributed by atoms with Crippen LogP contribution < -0.4 is 5.73 Å². The molecule has 0 radical (unpaired) electrons. The number of thiocarbonyl (C=S) groups is 1. The number of hydrogen-bond acceptors (Lipinski definition) is 1. The topological polar surface area (TPSA) is 26.0 Å². The van der Waals surface area contributed by atoms with Crippen LogP contribution in [0.1, 0.15) is 42.4 Å². The fourth-order valence-corrected chi connectivity index (χ4v) is 2.22. The van der Waals surface area contributed by atoms with Crippen molar-refractivity contribution in [3.8, 4) is 0 Å². The summed E-state index contributed by atoms with van der Waals surface area (Å²) in [5.41, 5.74) is 10.2. The van der Waals surface area contributed by atoms with Crippen LogP contribution in [-0.4, -0.2) is 5.49 Å². The molecule has 0 saturated carbocycles. The van der Waals surface area contributed by atoms with Gasteiger partial charge in [-0.3, -0.25) is 0 Å². The Balaban J connectivity index is 0.000000386. The average molecular weight is 235 g/mol. The van der Waals surface area contributed by atoms with Gasteiger partial charge in [0.2, 0.25) is 0 Å². The Labute approximate surface area is 104 Å². The van der Waals surface area contributed by atoms with E-state index in [1.165, 1.54) is 44.1 Å². The van der Waals surface area contributed by atoms with E-state index in [-0.39, 0.29) is 0 Å². The molecule has 16 heavy (non-hydrogen) atoms. The van der Waals surface area contributed by atoms with Crippen molar-refractivity contribution >= 4 is 17.7 Å². The van der Waals surface area contributed by atoms with Gasteiger partial charge in [-0.05, 0) is 43.7 Å². The minimum Gasteiger partial charge on any atom is -0.396 e. The molecule has 1 aromatic carbocycles. The van der Waals surface area contributed by atoms with Crippen LogP contribution in [0.2, 0.25) is 0 Å². The van der Waals surface area contributed by atoms with E-state index >= 15 is 0 Å². The van der Waals surface area contributed by atoms with Gasteiger partial charge in [0.05, 0.1) is 5.49 Å². The molecule has 1 nitrogen and oxygen atoms in total. The Bertz CT molecular complexity index is 334. The first kappa shape index (κ1) is 13.2. The summed E-state index contributed by atoms with van der Waals surface area (Å²) in [4.78, 5) is 0. The van der Waals surface area contributed by atoms with Crippen LogP contribution in [0.5, 0.6) is 0 Å². The third kappa shape index (κ3) is 4.31. The second-order valence-electron chi connectivity index (χ2n) is 4.32. The lowest BCUT2D eigenvalue weighted by molar-refractivity contribution is 0.617. The molecule has 0 amide bonds. The normalized spacial score (nSPS) is 14.8. The number of fused-ring (bicyclic) bond motifs is 1. The summed E-state index contributed by atoms with van der Waals surface area (Å²) in [6, 6.07) is 6.96. The van der Waals surface area contributed by atoms with Crippen molar-refractivity contribution in [1.29, 1.82) is 0 Å². The molecule has 0 aromatic heterocycles. The van der Waals surface area contributed by atoms with E-state index in [0.717, 1.165) is 5.49 Å². The minimum atomic E-state index is 1.08. The predicted molar refractivity (Wildman–Crippen MR) is 74.9 cm³/mol. The summed E-state index contributed by atoms with van der Waals surface area (Å²) in [5.74, 6) is 0. The highest BCUT2D eigenvalue weighted by Crippen LogP contribution is 2.20. The van der Waals surface area contributed by atoms with E-state index in [2.05, 4.69) is 43.1 Å². The van der Waals surface area contributed by atoms with Gasteiger partial charge >= 0.3 is 0 Å². The van der Waals surface area contributed by atoms with Crippen molar-refractivity contribution in [3.05, 3.63) is 34.9 Å².